The Kier molecular flexibility index (Phi) is 5.49. The van der Waals surface area contributed by atoms with Gasteiger partial charge in [-0.15, -0.1) is 0 Å². The monoisotopic (exact) mass is 369 g/mol. The molecule has 0 aromatic carbocycles. The SMILES string of the molecule is Cc1cc(C)n(-c2cc(NCCNC(=O)Cc3c(C)noc3C)ncn2)n1. The average Bonchev–Trinajstić information content (AvgIpc) is 3.14. The molecule has 1 amide bonds. The van der Waals surface area contributed by atoms with Crippen molar-refractivity contribution in [1.82, 2.24) is 30.2 Å². The average molecular weight is 369 g/mol. The molecule has 0 atom stereocenters. The van der Waals surface area contributed by atoms with Crippen molar-refractivity contribution in [1.29, 1.82) is 0 Å². The maximum absolute atomic E-state index is 12.1. The maximum Gasteiger partial charge on any atom is 0.224 e. The normalized spacial score (nSPS) is 10.8. The number of amides is 1. The molecule has 0 aliphatic rings. The number of nitrogens with zero attached hydrogens (tertiary/aromatic N) is 5. The van der Waals surface area contributed by atoms with Gasteiger partial charge in [0.25, 0.3) is 0 Å². The molecule has 3 rings (SSSR count). The van der Waals surface area contributed by atoms with E-state index in [1.807, 2.05) is 32.9 Å². The number of aryl methyl sites for hydroxylation is 4. The van der Waals surface area contributed by atoms with Crippen LogP contribution in [0.1, 0.15) is 28.4 Å². The first kappa shape index (κ1) is 18.6. The Morgan fingerprint density at radius 3 is 2.63 bits per heavy atom. The molecule has 0 fully saturated rings. The number of aromatic nitrogens is 5. The van der Waals surface area contributed by atoms with Gasteiger partial charge in [-0.25, -0.2) is 14.6 Å². The van der Waals surface area contributed by atoms with Crippen LogP contribution in [0.2, 0.25) is 0 Å². The third-order valence-electron chi connectivity index (χ3n) is 4.15. The van der Waals surface area contributed by atoms with Gasteiger partial charge in [0.2, 0.25) is 5.91 Å². The van der Waals surface area contributed by atoms with E-state index in [0.29, 0.717) is 30.5 Å². The van der Waals surface area contributed by atoms with Crippen LogP contribution in [0, 0.1) is 27.7 Å². The summed E-state index contributed by atoms with van der Waals surface area (Å²) < 4.78 is 6.84. The van der Waals surface area contributed by atoms with Crippen molar-refractivity contribution in [2.75, 3.05) is 18.4 Å². The highest BCUT2D eigenvalue weighted by molar-refractivity contribution is 5.79. The minimum atomic E-state index is -0.0720. The number of hydrogen-bond acceptors (Lipinski definition) is 7. The molecule has 27 heavy (non-hydrogen) atoms. The predicted octanol–water partition coefficient (Wildman–Crippen LogP) is 1.65. The van der Waals surface area contributed by atoms with Crippen molar-refractivity contribution >= 4 is 11.7 Å². The molecule has 0 bridgehead atoms. The highest BCUT2D eigenvalue weighted by Crippen LogP contribution is 2.13. The number of rotatable bonds is 7. The fourth-order valence-electron chi connectivity index (χ4n) is 2.79. The second kappa shape index (κ2) is 7.98. The molecule has 0 aliphatic heterocycles. The first-order valence-electron chi connectivity index (χ1n) is 8.72. The Morgan fingerprint density at radius 2 is 1.96 bits per heavy atom. The van der Waals surface area contributed by atoms with Gasteiger partial charge in [0.1, 0.15) is 17.9 Å². The number of nitrogens with one attached hydrogen (secondary N) is 2. The third kappa shape index (κ3) is 4.49. The van der Waals surface area contributed by atoms with Crippen LogP contribution >= 0.6 is 0 Å². The van der Waals surface area contributed by atoms with E-state index in [0.717, 1.165) is 22.6 Å². The molecule has 3 heterocycles. The van der Waals surface area contributed by atoms with E-state index in [4.69, 9.17) is 4.52 Å². The van der Waals surface area contributed by atoms with Crippen LogP contribution in [-0.4, -0.2) is 43.9 Å². The zero-order valence-electron chi connectivity index (χ0n) is 15.9. The lowest BCUT2D eigenvalue weighted by atomic mass is 10.1. The van der Waals surface area contributed by atoms with Gasteiger partial charge in [0.15, 0.2) is 5.82 Å². The van der Waals surface area contributed by atoms with Gasteiger partial charge in [0.05, 0.1) is 17.8 Å². The van der Waals surface area contributed by atoms with Crippen LogP contribution in [0.5, 0.6) is 0 Å². The van der Waals surface area contributed by atoms with Crippen LogP contribution < -0.4 is 10.6 Å². The molecule has 0 aliphatic carbocycles. The first-order chi connectivity index (χ1) is 12.9. The van der Waals surface area contributed by atoms with Crippen LogP contribution in [0.25, 0.3) is 5.82 Å². The van der Waals surface area contributed by atoms with Gasteiger partial charge < -0.3 is 15.2 Å². The highest BCUT2D eigenvalue weighted by atomic mass is 16.5. The molecule has 0 spiro atoms. The predicted molar refractivity (Wildman–Crippen MR) is 99.8 cm³/mol. The van der Waals surface area contributed by atoms with Crippen molar-refractivity contribution in [2.45, 2.75) is 34.1 Å². The van der Waals surface area contributed by atoms with E-state index in [2.05, 4.69) is 30.9 Å². The second-order valence-corrected chi connectivity index (χ2v) is 6.36. The van der Waals surface area contributed by atoms with Gasteiger partial charge in [0, 0.05) is 30.4 Å². The number of hydrogen-bond donors (Lipinski definition) is 2. The molecule has 0 radical (unpaired) electrons. The summed E-state index contributed by atoms with van der Waals surface area (Å²) in [5, 5.41) is 14.3. The number of anilines is 1. The summed E-state index contributed by atoms with van der Waals surface area (Å²) in [6.07, 6.45) is 1.75. The first-order valence-corrected chi connectivity index (χ1v) is 8.72. The molecule has 3 aromatic heterocycles. The summed E-state index contributed by atoms with van der Waals surface area (Å²) in [7, 11) is 0. The lowest BCUT2D eigenvalue weighted by Gasteiger charge is -2.09. The van der Waals surface area contributed by atoms with E-state index in [1.54, 1.807) is 11.6 Å². The molecule has 2 N–H and O–H groups in total. The van der Waals surface area contributed by atoms with Crippen LogP contribution in [-0.2, 0) is 11.2 Å². The highest BCUT2D eigenvalue weighted by Gasteiger charge is 2.13. The van der Waals surface area contributed by atoms with E-state index >= 15 is 0 Å². The topological polar surface area (TPSA) is 111 Å². The molecular formula is C18H23N7O2. The molecule has 9 nitrogen and oxygen atoms in total. The van der Waals surface area contributed by atoms with Gasteiger partial charge in [-0.1, -0.05) is 5.16 Å². The molecule has 0 saturated carbocycles. The summed E-state index contributed by atoms with van der Waals surface area (Å²) in [4.78, 5) is 20.5. The van der Waals surface area contributed by atoms with Crippen molar-refractivity contribution in [3.63, 3.8) is 0 Å². The van der Waals surface area contributed by atoms with Crippen LogP contribution in [0.4, 0.5) is 5.82 Å². The minimum absolute atomic E-state index is 0.0720. The number of carbonyl (C=O) groups excluding carboxylic acids is 1. The summed E-state index contributed by atoms with van der Waals surface area (Å²) in [6, 6.07) is 3.81. The molecule has 3 aromatic rings. The summed E-state index contributed by atoms with van der Waals surface area (Å²) in [5.74, 6) is 1.98. The summed E-state index contributed by atoms with van der Waals surface area (Å²) >= 11 is 0. The molecule has 9 heteroatoms. The molecule has 142 valence electrons. The third-order valence-corrected chi connectivity index (χ3v) is 4.15. The summed E-state index contributed by atoms with van der Waals surface area (Å²) in [5.41, 5.74) is 3.52. The minimum Gasteiger partial charge on any atom is -0.368 e. The fourth-order valence-corrected chi connectivity index (χ4v) is 2.79. The standard InChI is InChI=1S/C18H23N7O2/c1-11-7-12(2)25(23-11)17-9-16(21-10-22-17)19-5-6-20-18(26)8-15-13(3)24-27-14(15)4/h7,9-10H,5-6,8H2,1-4H3,(H,20,26)(H,19,21,22). The zero-order chi connectivity index (χ0) is 19.4. The van der Waals surface area contributed by atoms with Gasteiger partial charge in [-0.3, -0.25) is 4.79 Å². The van der Waals surface area contributed by atoms with Gasteiger partial charge in [-0.05, 0) is 33.8 Å². The molecule has 0 unspecified atom stereocenters. The Balaban J connectivity index is 1.50. The zero-order valence-corrected chi connectivity index (χ0v) is 15.9. The van der Waals surface area contributed by atoms with Crippen LogP contribution in [0.15, 0.2) is 23.0 Å². The largest absolute Gasteiger partial charge is 0.368 e. The smallest absolute Gasteiger partial charge is 0.224 e. The van der Waals surface area contributed by atoms with Crippen molar-refractivity contribution < 1.29 is 9.32 Å². The van der Waals surface area contributed by atoms with Gasteiger partial charge >= 0.3 is 0 Å². The quantitative estimate of drug-likeness (QED) is 0.609. The Bertz CT molecular complexity index is 926. The second-order valence-electron chi connectivity index (χ2n) is 6.36. The van der Waals surface area contributed by atoms with Gasteiger partial charge in [-0.2, -0.15) is 5.10 Å². The van der Waals surface area contributed by atoms with E-state index in [9.17, 15) is 4.79 Å². The van der Waals surface area contributed by atoms with Crippen molar-refractivity contribution in [3.05, 3.63) is 46.9 Å². The fraction of sp³-hybridized carbons (Fsp3) is 0.389. The summed E-state index contributed by atoms with van der Waals surface area (Å²) in [6.45, 7) is 8.57. The van der Waals surface area contributed by atoms with E-state index in [1.165, 1.54) is 6.33 Å². The lowest BCUT2D eigenvalue weighted by molar-refractivity contribution is -0.120. The van der Waals surface area contributed by atoms with Crippen molar-refractivity contribution in [3.8, 4) is 5.82 Å². The molecular weight excluding hydrogens is 346 g/mol. The van der Waals surface area contributed by atoms with E-state index in [-0.39, 0.29) is 12.3 Å². The maximum atomic E-state index is 12.1. The Hall–Kier alpha value is -3.23. The number of carbonyl (C=O) groups is 1. The van der Waals surface area contributed by atoms with Crippen LogP contribution in [0.3, 0.4) is 0 Å². The Morgan fingerprint density at radius 1 is 1.15 bits per heavy atom. The Labute approximate surface area is 157 Å². The van der Waals surface area contributed by atoms with Crippen molar-refractivity contribution in [2.24, 2.45) is 0 Å². The lowest BCUT2D eigenvalue weighted by Crippen LogP contribution is -2.30. The molecule has 0 saturated heterocycles. The van der Waals surface area contributed by atoms with E-state index < -0.39 is 0 Å².